The second-order valence-corrected chi connectivity index (χ2v) is 3.61. The summed E-state index contributed by atoms with van der Waals surface area (Å²) in [7, 11) is 0. The van der Waals surface area contributed by atoms with Gasteiger partial charge in [-0.25, -0.2) is 4.98 Å². The first-order valence-corrected chi connectivity index (χ1v) is 4.98. The smallest absolute Gasteiger partial charge is 0.135 e. The first-order chi connectivity index (χ1) is 7.63. The van der Waals surface area contributed by atoms with Gasteiger partial charge in [0.15, 0.2) is 0 Å². The van der Waals surface area contributed by atoms with Gasteiger partial charge in [0.05, 0.1) is 0 Å². The quantitative estimate of drug-likeness (QED) is 0.620. The van der Waals surface area contributed by atoms with Gasteiger partial charge in [0.25, 0.3) is 0 Å². The van der Waals surface area contributed by atoms with Gasteiger partial charge in [-0.2, -0.15) is 0 Å². The van der Waals surface area contributed by atoms with E-state index in [0.29, 0.717) is 28.2 Å². The van der Waals surface area contributed by atoms with Crippen LogP contribution in [0.5, 0.6) is 11.5 Å². The van der Waals surface area contributed by atoms with Gasteiger partial charge >= 0.3 is 0 Å². The number of hydrogen-bond donors (Lipinski definition) is 2. The minimum atomic E-state index is 0.297. The van der Waals surface area contributed by atoms with Crippen molar-refractivity contribution in [3.8, 4) is 11.5 Å². The van der Waals surface area contributed by atoms with Gasteiger partial charge in [0.1, 0.15) is 22.5 Å². The highest BCUT2D eigenvalue weighted by Gasteiger charge is 2.01. The van der Waals surface area contributed by atoms with Crippen LogP contribution in [-0.2, 0) is 0 Å². The fraction of sp³-hybridized carbons (Fsp3) is 0. The van der Waals surface area contributed by atoms with Gasteiger partial charge in [-0.05, 0) is 24.3 Å². The Hall–Kier alpha value is -1.94. The average molecular weight is 236 g/mol. The van der Waals surface area contributed by atoms with Crippen LogP contribution in [0.1, 0.15) is 0 Å². The van der Waals surface area contributed by atoms with Crippen LogP contribution in [0.2, 0.25) is 5.15 Å². The predicted molar refractivity (Wildman–Crippen MR) is 64.6 cm³/mol. The number of rotatable bonds is 2. The van der Waals surface area contributed by atoms with E-state index in [9.17, 15) is 0 Å². The highest BCUT2D eigenvalue weighted by Crippen LogP contribution is 2.25. The van der Waals surface area contributed by atoms with E-state index in [4.69, 9.17) is 27.8 Å². The van der Waals surface area contributed by atoms with E-state index in [1.54, 1.807) is 36.4 Å². The molecule has 0 radical (unpaired) electrons. The lowest BCUT2D eigenvalue weighted by molar-refractivity contribution is 0.482. The molecule has 0 amide bonds. The zero-order valence-corrected chi connectivity index (χ0v) is 9.11. The van der Waals surface area contributed by atoms with Crippen LogP contribution in [-0.4, -0.2) is 4.98 Å². The summed E-state index contributed by atoms with van der Waals surface area (Å²) in [5.41, 5.74) is 11.8. The Morgan fingerprint density at radius 1 is 1.00 bits per heavy atom. The number of anilines is 2. The molecular formula is C11H10ClN3O. The van der Waals surface area contributed by atoms with Crippen LogP contribution in [0.4, 0.5) is 11.5 Å². The molecule has 0 spiro atoms. The maximum atomic E-state index is 5.75. The van der Waals surface area contributed by atoms with Crippen molar-refractivity contribution in [2.24, 2.45) is 0 Å². The van der Waals surface area contributed by atoms with Crippen LogP contribution in [0.3, 0.4) is 0 Å². The Morgan fingerprint density at radius 3 is 2.31 bits per heavy atom. The number of nitrogen functional groups attached to an aromatic ring is 2. The summed E-state index contributed by atoms with van der Waals surface area (Å²) < 4.78 is 5.54. The molecule has 16 heavy (non-hydrogen) atoms. The fourth-order valence-corrected chi connectivity index (χ4v) is 1.43. The van der Waals surface area contributed by atoms with Gasteiger partial charge in [-0.1, -0.05) is 11.6 Å². The fourth-order valence-electron chi connectivity index (χ4n) is 1.22. The highest BCUT2D eigenvalue weighted by atomic mass is 35.5. The second kappa shape index (κ2) is 4.28. The SMILES string of the molecule is Nc1ccc(Oc2cc(N)nc(Cl)c2)cc1. The summed E-state index contributed by atoms with van der Waals surface area (Å²) in [4.78, 5) is 3.83. The third-order valence-corrected chi connectivity index (χ3v) is 2.10. The van der Waals surface area contributed by atoms with Crippen LogP contribution >= 0.6 is 11.6 Å². The molecule has 1 heterocycles. The first-order valence-electron chi connectivity index (χ1n) is 4.60. The van der Waals surface area contributed by atoms with Crippen molar-refractivity contribution in [1.82, 2.24) is 4.98 Å². The molecule has 0 aliphatic carbocycles. The molecule has 0 atom stereocenters. The lowest BCUT2D eigenvalue weighted by atomic mass is 10.3. The summed E-state index contributed by atoms with van der Waals surface area (Å²) in [5, 5.41) is 0.297. The molecule has 0 saturated carbocycles. The largest absolute Gasteiger partial charge is 0.457 e. The Bertz CT molecular complexity index is 479. The monoisotopic (exact) mass is 235 g/mol. The summed E-state index contributed by atoms with van der Waals surface area (Å²) in [6.45, 7) is 0. The van der Waals surface area contributed by atoms with E-state index < -0.39 is 0 Å². The highest BCUT2D eigenvalue weighted by molar-refractivity contribution is 6.29. The van der Waals surface area contributed by atoms with E-state index in [2.05, 4.69) is 4.98 Å². The third-order valence-electron chi connectivity index (χ3n) is 1.90. The third kappa shape index (κ3) is 2.55. The summed E-state index contributed by atoms with van der Waals surface area (Å²) in [6, 6.07) is 10.2. The predicted octanol–water partition coefficient (Wildman–Crippen LogP) is 2.69. The molecule has 0 aliphatic heterocycles. The number of hydrogen-bond acceptors (Lipinski definition) is 4. The molecule has 2 aromatic rings. The normalized spacial score (nSPS) is 10.1. The molecule has 1 aromatic carbocycles. The molecule has 1 aromatic heterocycles. The topological polar surface area (TPSA) is 74.2 Å². The van der Waals surface area contributed by atoms with Crippen molar-refractivity contribution in [3.05, 3.63) is 41.6 Å². The van der Waals surface area contributed by atoms with Crippen molar-refractivity contribution in [1.29, 1.82) is 0 Å². The molecule has 4 N–H and O–H groups in total. The Balaban J connectivity index is 2.23. The lowest BCUT2D eigenvalue weighted by Gasteiger charge is -2.06. The summed E-state index contributed by atoms with van der Waals surface area (Å²) >= 11 is 5.75. The standard InChI is InChI=1S/C11H10ClN3O/c12-10-5-9(6-11(14)15-10)16-8-3-1-7(13)2-4-8/h1-6H,13H2,(H2,14,15). The molecular weight excluding hydrogens is 226 g/mol. The second-order valence-electron chi connectivity index (χ2n) is 3.22. The van der Waals surface area contributed by atoms with E-state index >= 15 is 0 Å². The van der Waals surface area contributed by atoms with E-state index in [1.165, 1.54) is 0 Å². The zero-order valence-electron chi connectivity index (χ0n) is 8.35. The van der Waals surface area contributed by atoms with Crippen molar-refractivity contribution >= 4 is 23.1 Å². The Morgan fingerprint density at radius 2 is 1.69 bits per heavy atom. The molecule has 0 bridgehead atoms. The van der Waals surface area contributed by atoms with Crippen molar-refractivity contribution in [3.63, 3.8) is 0 Å². The van der Waals surface area contributed by atoms with Gasteiger partial charge in [0.2, 0.25) is 0 Å². The first kappa shape index (κ1) is 10.6. The molecule has 0 saturated heterocycles. The number of aromatic nitrogens is 1. The summed E-state index contributed by atoms with van der Waals surface area (Å²) in [6.07, 6.45) is 0. The number of pyridine rings is 1. The van der Waals surface area contributed by atoms with Gasteiger partial charge in [0, 0.05) is 17.8 Å². The van der Waals surface area contributed by atoms with Crippen LogP contribution in [0, 0.1) is 0 Å². The van der Waals surface area contributed by atoms with Crippen LogP contribution in [0.25, 0.3) is 0 Å². The van der Waals surface area contributed by atoms with E-state index in [0.717, 1.165) is 0 Å². The Labute approximate surface area is 97.8 Å². The van der Waals surface area contributed by atoms with E-state index in [-0.39, 0.29) is 0 Å². The van der Waals surface area contributed by atoms with Gasteiger partial charge < -0.3 is 16.2 Å². The maximum absolute atomic E-state index is 5.75. The molecule has 2 rings (SSSR count). The van der Waals surface area contributed by atoms with Crippen molar-refractivity contribution < 1.29 is 4.74 Å². The molecule has 82 valence electrons. The van der Waals surface area contributed by atoms with Crippen LogP contribution in [0.15, 0.2) is 36.4 Å². The van der Waals surface area contributed by atoms with Gasteiger partial charge in [-0.15, -0.1) is 0 Å². The molecule has 0 unspecified atom stereocenters. The number of benzene rings is 1. The molecule has 4 nitrogen and oxygen atoms in total. The number of nitrogens with two attached hydrogens (primary N) is 2. The maximum Gasteiger partial charge on any atom is 0.135 e. The minimum Gasteiger partial charge on any atom is -0.457 e. The molecule has 5 heteroatoms. The average Bonchev–Trinajstić information content (AvgIpc) is 2.20. The summed E-state index contributed by atoms with van der Waals surface area (Å²) in [5.74, 6) is 1.52. The van der Waals surface area contributed by atoms with Gasteiger partial charge in [-0.3, -0.25) is 0 Å². The van der Waals surface area contributed by atoms with Crippen molar-refractivity contribution in [2.75, 3.05) is 11.5 Å². The number of ether oxygens (including phenoxy) is 1. The number of nitrogens with zero attached hydrogens (tertiary/aromatic N) is 1. The molecule has 0 aliphatic rings. The van der Waals surface area contributed by atoms with E-state index in [1.807, 2.05) is 0 Å². The zero-order chi connectivity index (χ0) is 11.5. The van der Waals surface area contributed by atoms with Crippen LogP contribution < -0.4 is 16.2 Å². The number of halogens is 1. The Kier molecular flexibility index (Phi) is 2.83. The van der Waals surface area contributed by atoms with Crippen molar-refractivity contribution in [2.45, 2.75) is 0 Å². The minimum absolute atomic E-state index is 0.297. The lowest BCUT2D eigenvalue weighted by Crippen LogP contribution is -1.92. The molecule has 0 fully saturated rings.